The Morgan fingerprint density at radius 1 is 1.50 bits per heavy atom. The molecule has 1 aromatic rings. The predicted octanol–water partition coefficient (Wildman–Crippen LogP) is 2.88. The van der Waals surface area contributed by atoms with E-state index < -0.39 is 9.84 Å². The molecule has 0 aliphatic heterocycles. The molecule has 1 heterocycles. The number of halogens is 2. The second-order valence-electron chi connectivity index (χ2n) is 3.66. The van der Waals surface area contributed by atoms with Gasteiger partial charge in [-0.15, -0.1) is 11.3 Å². The van der Waals surface area contributed by atoms with Crippen molar-refractivity contribution in [2.45, 2.75) is 18.9 Å². The standard InChI is InChI=1S/C9H13Cl2NO2S2/c1-16(13,14)4-2-3-7(12)6-5-8(10)15-9(6)11/h5,7H,2-4,12H2,1H3. The molecule has 0 amide bonds. The van der Waals surface area contributed by atoms with E-state index in [-0.39, 0.29) is 11.8 Å². The Morgan fingerprint density at radius 2 is 2.12 bits per heavy atom. The van der Waals surface area contributed by atoms with Gasteiger partial charge >= 0.3 is 0 Å². The first-order valence-corrected chi connectivity index (χ1v) is 8.31. The SMILES string of the molecule is CS(=O)(=O)CCCC(N)c1cc(Cl)sc1Cl. The number of nitrogens with two attached hydrogens (primary N) is 1. The number of hydrogen-bond donors (Lipinski definition) is 1. The number of sulfone groups is 1. The predicted molar refractivity (Wildman–Crippen MR) is 70.2 cm³/mol. The lowest BCUT2D eigenvalue weighted by Gasteiger charge is -2.09. The van der Waals surface area contributed by atoms with Gasteiger partial charge in [0.1, 0.15) is 9.84 Å². The van der Waals surface area contributed by atoms with E-state index in [2.05, 4.69) is 0 Å². The fraction of sp³-hybridized carbons (Fsp3) is 0.556. The molecule has 1 rings (SSSR count). The Bertz CT molecular complexity index is 456. The Balaban J connectivity index is 2.53. The third kappa shape index (κ3) is 4.59. The molecule has 0 aromatic carbocycles. The topological polar surface area (TPSA) is 60.2 Å². The van der Waals surface area contributed by atoms with Crippen LogP contribution in [0.4, 0.5) is 0 Å². The Morgan fingerprint density at radius 3 is 2.56 bits per heavy atom. The van der Waals surface area contributed by atoms with Gasteiger partial charge < -0.3 is 5.73 Å². The Labute approximate surface area is 109 Å². The summed E-state index contributed by atoms with van der Waals surface area (Å²) in [6, 6.07) is 1.48. The fourth-order valence-corrected chi connectivity index (χ4v) is 3.61. The highest BCUT2D eigenvalue weighted by atomic mass is 35.5. The molecule has 1 aromatic heterocycles. The smallest absolute Gasteiger partial charge is 0.147 e. The van der Waals surface area contributed by atoms with Crippen LogP contribution in [0.3, 0.4) is 0 Å². The molecule has 0 saturated carbocycles. The molecule has 1 unspecified atom stereocenters. The molecule has 0 bridgehead atoms. The number of rotatable bonds is 5. The van der Waals surface area contributed by atoms with Crippen molar-refractivity contribution in [2.75, 3.05) is 12.0 Å². The Kier molecular flexibility index (Phi) is 5.07. The van der Waals surface area contributed by atoms with Gasteiger partial charge in [0.25, 0.3) is 0 Å². The highest BCUT2D eigenvalue weighted by Gasteiger charge is 2.14. The van der Waals surface area contributed by atoms with Crippen molar-refractivity contribution in [3.63, 3.8) is 0 Å². The second kappa shape index (κ2) is 5.69. The van der Waals surface area contributed by atoms with Crippen LogP contribution in [0.2, 0.25) is 8.67 Å². The van der Waals surface area contributed by atoms with Crippen LogP contribution in [-0.4, -0.2) is 20.4 Å². The van der Waals surface area contributed by atoms with Crippen LogP contribution in [0, 0.1) is 0 Å². The van der Waals surface area contributed by atoms with Crippen LogP contribution >= 0.6 is 34.5 Å². The molecule has 0 aliphatic carbocycles. The van der Waals surface area contributed by atoms with Gasteiger partial charge in [-0.1, -0.05) is 23.2 Å². The second-order valence-corrected chi connectivity index (χ2v) is 8.20. The maximum atomic E-state index is 10.9. The minimum absolute atomic E-state index is 0.149. The average Bonchev–Trinajstić information content (AvgIpc) is 2.43. The van der Waals surface area contributed by atoms with E-state index in [1.165, 1.54) is 17.6 Å². The molecule has 3 nitrogen and oxygen atoms in total. The van der Waals surface area contributed by atoms with Crippen molar-refractivity contribution in [1.82, 2.24) is 0 Å². The van der Waals surface area contributed by atoms with E-state index in [0.29, 0.717) is 21.5 Å². The summed E-state index contributed by atoms with van der Waals surface area (Å²) in [7, 11) is -2.92. The molecule has 0 radical (unpaired) electrons. The summed E-state index contributed by atoms with van der Waals surface area (Å²) in [6.07, 6.45) is 2.33. The van der Waals surface area contributed by atoms with Gasteiger partial charge in [-0.3, -0.25) is 0 Å². The quantitative estimate of drug-likeness (QED) is 0.909. The average molecular weight is 302 g/mol. The third-order valence-electron chi connectivity index (χ3n) is 2.11. The maximum absolute atomic E-state index is 10.9. The first-order valence-electron chi connectivity index (χ1n) is 4.67. The van der Waals surface area contributed by atoms with E-state index in [1.807, 2.05) is 0 Å². The molecule has 0 saturated heterocycles. The lowest BCUT2D eigenvalue weighted by molar-refractivity contribution is 0.588. The summed E-state index contributed by atoms with van der Waals surface area (Å²) in [5, 5.41) is 0. The molecule has 16 heavy (non-hydrogen) atoms. The van der Waals surface area contributed by atoms with E-state index in [9.17, 15) is 8.42 Å². The van der Waals surface area contributed by atoms with Gasteiger partial charge in [0, 0.05) is 18.1 Å². The summed E-state index contributed by atoms with van der Waals surface area (Å²) in [4.78, 5) is 0. The highest BCUT2D eigenvalue weighted by Crippen LogP contribution is 2.35. The normalized spacial score (nSPS) is 14.0. The van der Waals surface area contributed by atoms with E-state index >= 15 is 0 Å². The van der Waals surface area contributed by atoms with Crippen LogP contribution in [0.15, 0.2) is 6.07 Å². The largest absolute Gasteiger partial charge is 0.324 e. The highest BCUT2D eigenvalue weighted by molar-refractivity contribution is 7.90. The summed E-state index contributed by atoms with van der Waals surface area (Å²) in [6.45, 7) is 0. The molecule has 92 valence electrons. The maximum Gasteiger partial charge on any atom is 0.147 e. The van der Waals surface area contributed by atoms with Gasteiger partial charge in [0.2, 0.25) is 0 Å². The summed E-state index contributed by atoms with van der Waals surface area (Å²) >= 11 is 13.0. The molecule has 0 aliphatic rings. The summed E-state index contributed by atoms with van der Waals surface area (Å²) < 4.78 is 23.0. The minimum Gasteiger partial charge on any atom is -0.324 e. The Hall–Kier alpha value is 0.190. The first-order chi connectivity index (χ1) is 7.29. The van der Waals surface area contributed by atoms with Crippen molar-refractivity contribution >= 4 is 44.4 Å². The molecule has 1 atom stereocenters. The van der Waals surface area contributed by atoms with Gasteiger partial charge in [0.15, 0.2) is 0 Å². The van der Waals surface area contributed by atoms with Gasteiger partial charge in [-0.05, 0) is 24.5 Å². The lowest BCUT2D eigenvalue weighted by atomic mass is 10.1. The van der Waals surface area contributed by atoms with Crippen molar-refractivity contribution in [1.29, 1.82) is 0 Å². The molecule has 0 spiro atoms. The lowest BCUT2D eigenvalue weighted by Crippen LogP contribution is -2.12. The zero-order valence-electron chi connectivity index (χ0n) is 8.74. The van der Waals surface area contributed by atoms with E-state index in [0.717, 1.165) is 5.56 Å². The number of thiophene rings is 1. The van der Waals surface area contributed by atoms with Crippen molar-refractivity contribution in [2.24, 2.45) is 5.73 Å². The summed E-state index contributed by atoms with van der Waals surface area (Å²) in [5.41, 5.74) is 6.70. The molecular weight excluding hydrogens is 289 g/mol. The molecule has 7 heteroatoms. The third-order valence-corrected chi connectivity index (χ3v) is 4.66. The molecule has 0 fully saturated rings. The molecular formula is C9H13Cl2NO2S2. The van der Waals surface area contributed by atoms with Gasteiger partial charge in [-0.2, -0.15) is 0 Å². The van der Waals surface area contributed by atoms with Crippen molar-refractivity contribution < 1.29 is 8.42 Å². The summed E-state index contributed by atoms with van der Waals surface area (Å²) in [5.74, 6) is 0.149. The van der Waals surface area contributed by atoms with E-state index in [4.69, 9.17) is 28.9 Å². The van der Waals surface area contributed by atoms with Crippen LogP contribution in [0.1, 0.15) is 24.4 Å². The van der Waals surface area contributed by atoms with Crippen molar-refractivity contribution in [3.8, 4) is 0 Å². The van der Waals surface area contributed by atoms with Crippen molar-refractivity contribution in [3.05, 3.63) is 20.3 Å². The first kappa shape index (κ1) is 14.3. The van der Waals surface area contributed by atoms with Gasteiger partial charge in [-0.25, -0.2) is 8.42 Å². The molecule has 2 N–H and O–H groups in total. The van der Waals surface area contributed by atoms with Crippen LogP contribution < -0.4 is 5.73 Å². The number of hydrogen-bond acceptors (Lipinski definition) is 4. The van der Waals surface area contributed by atoms with Gasteiger partial charge in [0.05, 0.1) is 8.67 Å². The van der Waals surface area contributed by atoms with Crippen LogP contribution in [0.25, 0.3) is 0 Å². The minimum atomic E-state index is -2.92. The zero-order valence-corrected chi connectivity index (χ0v) is 11.9. The van der Waals surface area contributed by atoms with Crippen LogP contribution in [-0.2, 0) is 9.84 Å². The van der Waals surface area contributed by atoms with Crippen LogP contribution in [0.5, 0.6) is 0 Å². The van der Waals surface area contributed by atoms with E-state index in [1.54, 1.807) is 6.07 Å². The fourth-order valence-electron chi connectivity index (χ4n) is 1.33. The monoisotopic (exact) mass is 301 g/mol. The zero-order chi connectivity index (χ0) is 12.3.